The van der Waals surface area contributed by atoms with Crippen LogP contribution in [0, 0.1) is 6.92 Å². The number of amides is 1. The molecule has 2 nitrogen and oxygen atoms in total. The molecule has 0 saturated carbocycles. The Morgan fingerprint density at radius 3 is 2.59 bits per heavy atom. The first-order valence-corrected chi connectivity index (χ1v) is 6.17. The molecule has 0 heterocycles. The van der Waals surface area contributed by atoms with Gasteiger partial charge >= 0.3 is 0 Å². The number of hydrogen-bond acceptors (Lipinski definition) is 1. The van der Waals surface area contributed by atoms with Gasteiger partial charge in [-0.05, 0) is 31.9 Å². The Kier molecular flexibility index (Phi) is 5.47. The van der Waals surface area contributed by atoms with Crippen LogP contribution in [-0.4, -0.2) is 11.9 Å². The van der Waals surface area contributed by atoms with Crippen molar-refractivity contribution in [3.63, 3.8) is 0 Å². The summed E-state index contributed by atoms with van der Waals surface area (Å²) in [6, 6.07) is 8.34. The number of carbonyl (C=O) groups is 1. The molecule has 17 heavy (non-hydrogen) atoms. The van der Waals surface area contributed by atoms with E-state index in [4.69, 9.17) is 0 Å². The van der Waals surface area contributed by atoms with Gasteiger partial charge in [-0.2, -0.15) is 0 Å². The summed E-state index contributed by atoms with van der Waals surface area (Å²) < 4.78 is 0. The summed E-state index contributed by atoms with van der Waals surface area (Å²) in [4.78, 5) is 11.6. The molecule has 0 saturated heterocycles. The SMILES string of the molecule is CCC[C@H](C)NC(=O)/C=C/c1ccc(C)cc1. The fourth-order valence-corrected chi connectivity index (χ4v) is 1.65. The molecule has 0 unspecified atom stereocenters. The first kappa shape index (κ1) is 13.5. The monoisotopic (exact) mass is 231 g/mol. The van der Waals surface area contributed by atoms with Gasteiger partial charge in [0.05, 0.1) is 0 Å². The van der Waals surface area contributed by atoms with Crippen LogP contribution < -0.4 is 5.32 Å². The van der Waals surface area contributed by atoms with Gasteiger partial charge in [0.25, 0.3) is 0 Å². The maximum absolute atomic E-state index is 11.6. The summed E-state index contributed by atoms with van der Waals surface area (Å²) in [5.74, 6) is -0.0217. The van der Waals surface area contributed by atoms with Crippen LogP contribution in [0.15, 0.2) is 30.3 Å². The molecule has 0 spiro atoms. The molecule has 1 rings (SSSR count). The third-order valence-electron chi connectivity index (χ3n) is 2.61. The van der Waals surface area contributed by atoms with E-state index in [1.165, 1.54) is 5.56 Å². The van der Waals surface area contributed by atoms with Gasteiger partial charge in [0, 0.05) is 12.1 Å². The van der Waals surface area contributed by atoms with Crippen LogP contribution in [0.2, 0.25) is 0 Å². The van der Waals surface area contributed by atoms with Gasteiger partial charge in [0.15, 0.2) is 0 Å². The summed E-state index contributed by atoms with van der Waals surface area (Å²) >= 11 is 0. The maximum atomic E-state index is 11.6. The van der Waals surface area contributed by atoms with Gasteiger partial charge < -0.3 is 5.32 Å². The number of carbonyl (C=O) groups excluding carboxylic acids is 1. The zero-order chi connectivity index (χ0) is 12.7. The summed E-state index contributed by atoms with van der Waals surface area (Å²) in [5.41, 5.74) is 2.28. The van der Waals surface area contributed by atoms with Crippen LogP contribution in [0.25, 0.3) is 6.08 Å². The molecule has 1 aromatic carbocycles. The van der Waals surface area contributed by atoms with Gasteiger partial charge in [-0.3, -0.25) is 4.79 Å². The summed E-state index contributed by atoms with van der Waals surface area (Å²) in [6.45, 7) is 6.19. The lowest BCUT2D eigenvalue weighted by Crippen LogP contribution is -2.30. The zero-order valence-corrected chi connectivity index (χ0v) is 10.9. The lowest BCUT2D eigenvalue weighted by atomic mass is 10.1. The van der Waals surface area contributed by atoms with Crippen molar-refractivity contribution in [2.75, 3.05) is 0 Å². The van der Waals surface area contributed by atoms with E-state index in [2.05, 4.69) is 12.2 Å². The van der Waals surface area contributed by atoms with Crippen LogP contribution in [0.1, 0.15) is 37.8 Å². The fourth-order valence-electron chi connectivity index (χ4n) is 1.65. The zero-order valence-electron chi connectivity index (χ0n) is 10.9. The molecular formula is C15H21NO. The number of aryl methyl sites for hydroxylation is 1. The highest BCUT2D eigenvalue weighted by atomic mass is 16.1. The van der Waals surface area contributed by atoms with Crippen molar-refractivity contribution in [1.82, 2.24) is 5.32 Å². The molecule has 0 bridgehead atoms. The van der Waals surface area contributed by atoms with E-state index in [9.17, 15) is 4.79 Å². The third kappa shape index (κ3) is 5.34. The van der Waals surface area contributed by atoms with Gasteiger partial charge in [-0.15, -0.1) is 0 Å². The van der Waals surface area contributed by atoms with Crippen LogP contribution in [0.5, 0.6) is 0 Å². The molecule has 0 radical (unpaired) electrons. The number of benzene rings is 1. The molecule has 0 aromatic heterocycles. The van der Waals surface area contributed by atoms with Gasteiger partial charge in [-0.25, -0.2) is 0 Å². The predicted molar refractivity (Wildman–Crippen MR) is 72.7 cm³/mol. The molecule has 1 atom stereocenters. The minimum atomic E-state index is -0.0217. The topological polar surface area (TPSA) is 29.1 Å². The fraction of sp³-hybridized carbons (Fsp3) is 0.400. The number of hydrogen-bond donors (Lipinski definition) is 1. The van der Waals surface area contributed by atoms with Crippen molar-refractivity contribution >= 4 is 12.0 Å². The number of nitrogens with one attached hydrogen (secondary N) is 1. The van der Waals surface area contributed by atoms with Crippen molar-refractivity contribution in [1.29, 1.82) is 0 Å². The molecule has 0 aliphatic rings. The quantitative estimate of drug-likeness (QED) is 0.774. The second kappa shape index (κ2) is 6.89. The predicted octanol–water partition coefficient (Wildman–Crippen LogP) is 3.31. The third-order valence-corrected chi connectivity index (χ3v) is 2.61. The largest absolute Gasteiger partial charge is 0.350 e. The van der Waals surface area contributed by atoms with Crippen molar-refractivity contribution in [3.8, 4) is 0 Å². The Labute approximate surface area is 104 Å². The van der Waals surface area contributed by atoms with Crippen molar-refractivity contribution in [2.24, 2.45) is 0 Å². The lowest BCUT2D eigenvalue weighted by molar-refractivity contribution is -0.117. The lowest BCUT2D eigenvalue weighted by Gasteiger charge is -2.10. The Morgan fingerprint density at radius 1 is 1.35 bits per heavy atom. The Balaban J connectivity index is 2.47. The van der Waals surface area contributed by atoms with Crippen LogP contribution >= 0.6 is 0 Å². The molecule has 0 aliphatic heterocycles. The van der Waals surface area contributed by atoms with Gasteiger partial charge in [0.2, 0.25) is 5.91 Å². The Hall–Kier alpha value is -1.57. The standard InChI is InChI=1S/C15H21NO/c1-4-5-13(3)16-15(17)11-10-14-8-6-12(2)7-9-14/h6-11,13H,4-5H2,1-3H3,(H,16,17)/b11-10+/t13-/m0/s1. The van der Waals surface area contributed by atoms with E-state index in [-0.39, 0.29) is 11.9 Å². The minimum Gasteiger partial charge on any atom is -0.350 e. The highest BCUT2D eigenvalue weighted by Crippen LogP contribution is 2.04. The van der Waals surface area contributed by atoms with E-state index < -0.39 is 0 Å². The first-order chi connectivity index (χ1) is 8.11. The average molecular weight is 231 g/mol. The van der Waals surface area contributed by atoms with E-state index >= 15 is 0 Å². The second-order valence-corrected chi connectivity index (χ2v) is 4.44. The van der Waals surface area contributed by atoms with E-state index in [1.807, 2.05) is 44.2 Å². The highest BCUT2D eigenvalue weighted by Gasteiger charge is 2.02. The van der Waals surface area contributed by atoms with Crippen molar-refractivity contribution in [2.45, 2.75) is 39.7 Å². The Morgan fingerprint density at radius 2 is 2.00 bits per heavy atom. The molecular weight excluding hydrogens is 210 g/mol. The van der Waals surface area contributed by atoms with Gasteiger partial charge in [0.1, 0.15) is 0 Å². The summed E-state index contributed by atoms with van der Waals surface area (Å²) in [6.07, 6.45) is 5.54. The highest BCUT2D eigenvalue weighted by molar-refractivity contribution is 5.91. The molecule has 0 aliphatic carbocycles. The van der Waals surface area contributed by atoms with Crippen molar-refractivity contribution < 1.29 is 4.79 Å². The van der Waals surface area contributed by atoms with Crippen LogP contribution in [0.3, 0.4) is 0 Å². The van der Waals surface area contributed by atoms with Crippen LogP contribution in [-0.2, 0) is 4.79 Å². The average Bonchev–Trinajstić information content (AvgIpc) is 2.28. The smallest absolute Gasteiger partial charge is 0.244 e. The summed E-state index contributed by atoms with van der Waals surface area (Å²) in [5, 5.41) is 2.94. The molecule has 92 valence electrons. The molecule has 1 amide bonds. The number of rotatable bonds is 5. The molecule has 2 heteroatoms. The molecule has 1 N–H and O–H groups in total. The molecule has 1 aromatic rings. The summed E-state index contributed by atoms with van der Waals surface area (Å²) in [7, 11) is 0. The van der Waals surface area contributed by atoms with E-state index in [0.717, 1.165) is 18.4 Å². The second-order valence-electron chi connectivity index (χ2n) is 4.44. The molecule has 0 fully saturated rings. The van der Waals surface area contributed by atoms with E-state index in [0.29, 0.717) is 0 Å². The Bertz CT molecular complexity index is 378. The van der Waals surface area contributed by atoms with E-state index in [1.54, 1.807) is 6.08 Å². The van der Waals surface area contributed by atoms with Crippen molar-refractivity contribution in [3.05, 3.63) is 41.5 Å². The van der Waals surface area contributed by atoms with Gasteiger partial charge in [-0.1, -0.05) is 43.2 Å². The maximum Gasteiger partial charge on any atom is 0.244 e. The van der Waals surface area contributed by atoms with Crippen LogP contribution in [0.4, 0.5) is 0 Å². The first-order valence-electron chi connectivity index (χ1n) is 6.17. The normalized spacial score (nSPS) is 12.6. The minimum absolute atomic E-state index is 0.0217.